The van der Waals surface area contributed by atoms with Gasteiger partial charge in [0, 0.05) is 39.8 Å². The Morgan fingerprint density at radius 2 is 2.21 bits per heavy atom. The highest BCUT2D eigenvalue weighted by Gasteiger charge is 2.19. The summed E-state index contributed by atoms with van der Waals surface area (Å²) in [7, 11) is 1.68. The molecule has 0 aliphatic carbocycles. The van der Waals surface area contributed by atoms with Gasteiger partial charge in [-0.25, -0.2) is 0 Å². The van der Waals surface area contributed by atoms with Gasteiger partial charge in [0.25, 0.3) is 0 Å². The zero-order valence-corrected chi connectivity index (χ0v) is 11.4. The molecule has 1 aromatic rings. The molecule has 2 N–H and O–H groups in total. The molecular formula is C12H22N4O3. The Morgan fingerprint density at radius 3 is 2.95 bits per heavy atom. The molecule has 0 radical (unpaired) electrons. The highest BCUT2D eigenvalue weighted by atomic mass is 16.5. The Labute approximate surface area is 113 Å². The van der Waals surface area contributed by atoms with Gasteiger partial charge in [-0.1, -0.05) is 5.16 Å². The second-order valence-electron chi connectivity index (χ2n) is 4.66. The van der Waals surface area contributed by atoms with Crippen LogP contribution in [0.3, 0.4) is 0 Å². The minimum absolute atomic E-state index is 0.210. The lowest BCUT2D eigenvalue weighted by Crippen LogP contribution is -2.40. The minimum Gasteiger partial charge on any atom is -0.385 e. The van der Waals surface area contributed by atoms with Gasteiger partial charge >= 0.3 is 0 Å². The van der Waals surface area contributed by atoms with Crippen LogP contribution in [0, 0.1) is 0 Å². The van der Waals surface area contributed by atoms with Crippen molar-refractivity contribution < 1.29 is 14.0 Å². The van der Waals surface area contributed by atoms with Gasteiger partial charge in [-0.3, -0.25) is 4.90 Å². The Kier molecular flexibility index (Phi) is 5.71. The van der Waals surface area contributed by atoms with Crippen molar-refractivity contribution in [3.05, 3.63) is 11.7 Å². The van der Waals surface area contributed by atoms with Crippen LogP contribution in [0.4, 0.5) is 0 Å². The lowest BCUT2D eigenvalue weighted by Gasteiger charge is -2.27. The molecule has 2 rings (SSSR count). The molecule has 1 aliphatic heterocycles. The van der Waals surface area contributed by atoms with Gasteiger partial charge in [0.1, 0.15) is 0 Å². The van der Waals surface area contributed by atoms with E-state index in [-0.39, 0.29) is 6.04 Å². The topological polar surface area (TPSA) is 86.6 Å². The molecule has 1 aromatic heterocycles. The van der Waals surface area contributed by atoms with Crippen molar-refractivity contribution in [2.24, 2.45) is 5.73 Å². The smallest absolute Gasteiger partial charge is 0.226 e. The van der Waals surface area contributed by atoms with Crippen LogP contribution in [0.5, 0.6) is 0 Å². The maximum atomic E-state index is 6.10. The van der Waals surface area contributed by atoms with Crippen LogP contribution >= 0.6 is 0 Å². The highest BCUT2D eigenvalue weighted by molar-refractivity contribution is 4.94. The first kappa shape index (κ1) is 14.4. The average molecular weight is 270 g/mol. The Morgan fingerprint density at radius 1 is 1.42 bits per heavy atom. The van der Waals surface area contributed by atoms with E-state index in [9.17, 15) is 0 Å². The molecular weight excluding hydrogens is 248 g/mol. The lowest BCUT2D eigenvalue weighted by molar-refractivity contribution is 0.0348. The number of ether oxygens (including phenoxy) is 2. The maximum absolute atomic E-state index is 6.10. The third-order valence-corrected chi connectivity index (χ3v) is 3.11. The van der Waals surface area contributed by atoms with Crippen LogP contribution in [0.25, 0.3) is 0 Å². The summed E-state index contributed by atoms with van der Waals surface area (Å²) in [4.78, 5) is 6.59. The third-order valence-electron chi connectivity index (χ3n) is 3.11. The van der Waals surface area contributed by atoms with Crippen LogP contribution in [-0.4, -0.2) is 61.6 Å². The normalized spacial score (nSPS) is 18.6. The van der Waals surface area contributed by atoms with Gasteiger partial charge in [-0.2, -0.15) is 4.98 Å². The Hall–Kier alpha value is -1.02. The molecule has 0 aromatic carbocycles. The predicted octanol–water partition coefficient (Wildman–Crippen LogP) is -0.0194. The number of aryl methyl sites for hydroxylation is 1. The van der Waals surface area contributed by atoms with Gasteiger partial charge in [0.15, 0.2) is 5.82 Å². The van der Waals surface area contributed by atoms with Crippen LogP contribution in [0.2, 0.25) is 0 Å². The molecule has 0 amide bonds. The zero-order chi connectivity index (χ0) is 13.5. The zero-order valence-electron chi connectivity index (χ0n) is 11.4. The van der Waals surface area contributed by atoms with E-state index >= 15 is 0 Å². The summed E-state index contributed by atoms with van der Waals surface area (Å²) in [5.74, 6) is 1.21. The number of methoxy groups -OCH3 is 1. The molecule has 1 unspecified atom stereocenters. The van der Waals surface area contributed by atoms with E-state index in [0.717, 1.165) is 45.7 Å². The molecule has 108 valence electrons. The summed E-state index contributed by atoms with van der Waals surface area (Å²) in [6, 6.07) is -0.210. The Balaban J connectivity index is 1.79. The summed E-state index contributed by atoms with van der Waals surface area (Å²) in [6.07, 6.45) is 1.60. The first-order valence-electron chi connectivity index (χ1n) is 6.66. The van der Waals surface area contributed by atoms with E-state index in [2.05, 4.69) is 15.0 Å². The van der Waals surface area contributed by atoms with Gasteiger partial charge < -0.3 is 19.7 Å². The molecule has 19 heavy (non-hydrogen) atoms. The predicted molar refractivity (Wildman–Crippen MR) is 68.7 cm³/mol. The first-order chi connectivity index (χ1) is 9.29. The van der Waals surface area contributed by atoms with Crippen molar-refractivity contribution in [3.63, 3.8) is 0 Å². The van der Waals surface area contributed by atoms with Gasteiger partial charge in [-0.15, -0.1) is 0 Å². The van der Waals surface area contributed by atoms with E-state index in [1.54, 1.807) is 7.11 Å². The van der Waals surface area contributed by atoms with E-state index < -0.39 is 0 Å². The van der Waals surface area contributed by atoms with Crippen molar-refractivity contribution in [2.75, 3.05) is 46.6 Å². The van der Waals surface area contributed by atoms with E-state index in [4.69, 9.17) is 19.7 Å². The second-order valence-corrected chi connectivity index (χ2v) is 4.66. The van der Waals surface area contributed by atoms with Gasteiger partial charge in [-0.05, 0) is 6.42 Å². The molecule has 1 aliphatic rings. The molecule has 0 bridgehead atoms. The van der Waals surface area contributed by atoms with E-state index in [0.29, 0.717) is 18.3 Å². The van der Waals surface area contributed by atoms with Crippen molar-refractivity contribution in [1.82, 2.24) is 15.0 Å². The van der Waals surface area contributed by atoms with Gasteiger partial charge in [0.05, 0.1) is 19.3 Å². The fraction of sp³-hybridized carbons (Fsp3) is 0.833. The van der Waals surface area contributed by atoms with Crippen LogP contribution in [-0.2, 0) is 15.9 Å². The fourth-order valence-electron chi connectivity index (χ4n) is 2.03. The number of nitrogens with two attached hydrogens (primary N) is 1. The summed E-state index contributed by atoms with van der Waals surface area (Å²) >= 11 is 0. The number of nitrogens with zero attached hydrogens (tertiary/aromatic N) is 3. The molecule has 2 heterocycles. The van der Waals surface area contributed by atoms with Crippen LogP contribution in [0.15, 0.2) is 4.52 Å². The van der Waals surface area contributed by atoms with E-state index in [1.807, 2.05) is 0 Å². The van der Waals surface area contributed by atoms with Crippen molar-refractivity contribution in [1.29, 1.82) is 0 Å². The highest BCUT2D eigenvalue weighted by Crippen LogP contribution is 2.10. The second kappa shape index (κ2) is 7.54. The van der Waals surface area contributed by atoms with Gasteiger partial charge in [0.2, 0.25) is 5.89 Å². The quantitative estimate of drug-likeness (QED) is 0.697. The fourth-order valence-corrected chi connectivity index (χ4v) is 2.03. The molecule has 1 atom stereocenters. The van der Waals surface area contributed by atoms with Crippen LogP contribution < -0.4 is 5.73 Å². The summed E-state index contributed by atoms with van der Waals surface area (Å²) < 4.78 is 15.5. The molecule has 0 saturated carbocycles. The average Bonchev–Trinajstić information content (AvgIpc) is 2.89. The summed E-state index contributed by atoms with van der Waals surface area (Å²) in [5, 5.41) is 3.95. The van der Waals surface area contributed by atoms with Crippen molar-refractivity contribution >= 4 is 0 Å². The molecule has 0 spiro atoms. The van der Waals surface area contributed by atoms with Crippen molar-refractivity contribution in [2.45, 2.75) is 18.9 Å². The van der Waals surface area contributed by atoms with Crippen LogP contribution in [0.1, 0.15) is 24.2 Å². The number of hydrogen-bond donors (Lipinski definition) is 1. The van der Waals surface area contributed by atoms with E-state index in [1.165, 1.54) is 0 Å². The lowest BCUT2D eigenvalue weighted by atomic mass is 10.2. The maximum Gasteiger partial charge on any atom is 0.226 e. The van der Waals surface area contributed by atoms with Crippen molar-refractivity contribution in [3.8, 4) is 0 Å². The summed E-state index contributed by atoms with van der Waals surface area (Å²) in [5.41, 5.74) is 6.10. The summed E-state index contributed by atoms with van der Waals surface area (Å²) in [6.45, 7) is 4.78. The number of aromatic nitrogens is 2. The Bertz CT molecular complexity index is 366. The monoisotopic (exact) mass is 270 g/mol. The minimum atomic E-state index is -0.210. The standard InChI is InChI=1S/C12H22N4O3/c1-17-6-2-3-11-14-12(15-19-11)10(13)9-16-4-7-18-8-5-16/h10H,2-9,13H2,1H3. The molecule has 7 nitrogen and oxygen atoms in total. The first-order valence-corrected chi connectivity index (χ1v) is 6.66. The largest absolute Gasteiger partial charge is 0.385 e. The SMILES string of the molecule is COCCCc1nc(C(N)CN2CCOCC2)no1. The number of morpholine rings is 1. The number of rotatable bonds is 7. The molecule has 1 fully saturated rings. The number of hydrogen-bond acceptors (Lipinski definition) is 7. The molecule has 1 saturated heterocycles. The third kappa shape index (κ3) is 4.54. The molecule has 7 heteroatoms.